The molecule has 0 fully saturated rings. The molecule has 5 heteroatoms. The highest BCUT2D eigenvalue weighted by Gasteiger charge is 2.04. The highest BCUT2D eigenvalue weighted by Crippen LogP contribution is 2.21. The summed E-state index contributed by atoms with van der Waals surface area (Å²) < 4.78 is 1.61. The van der Waals surface area contributed by atoms with Gasteiger partial charge in [-0.15, -0.1) is 0 Å². The summed E-state index contributed by atoms with van der Waals surface area (Å²) in [5.74, 6) is 0.618. The van der Waals surface area contributed by atoms with Crippen molar-refractivity contribution in [3.8, 4) is 11.3 Å². The molecule has 0 aliphatic heterocycles. The Labute approximate surface area is 86.3 Å². The fraction of sp³-hybridized carbons (Fsp3) is 0.111. The van der Waals surface area contributed by atoms with Crippen LogP contribution < -0.4 is 5.73 Å². The minimum absolute atomic E-state index is 0.451. The summed E-state index contributed by atoms with van der Waals surface area (Å²) in [6.45, 7) is 0. The van der Waals surface area contributed by atoms with Crippen molar-refractivity contribution in [2.75, 3.05) is 5.73 Å². The van der Waals surface area contributed by atoms with E-state index in [0.29, 0.717) is 11.0 Å². The number of pyridine rings is 1. The maximum absolute atomic E-state index is 5.76. The normalized spacial score (nSPS) is 10.4. The molecule has 4 nitrogen and oxygen atoms in total. The molecule has 0 saturated heterocycles. The van der Waals surface area contributed by atoms with Crippen LogP contribution in [0.15, 0.2) is 24.4 Å². The van der Waals surface area contributed by atoms with Crippen LogP contribution in [0, 0.1) is 0 Å². The zero-order valence-electron chi connectivity index (χ0n) is 7.61. The van der Waals surface area contributed by atoms with Crippen LogP contribution in [0.1, 0.15) is 0 Å². The molecular weight excluding hydrogens is 200 g/mol. The fourth-order valence-electron chi connectivity index (χ4n) is 1.18. The van der Waals surface area contributed by atoms with Crippen LogP contribution >= 0.6 is 11.6 Å². The molecule has 2 aromatic heterocycles. The first kappa shape index (κ1) is 9.02. The van der Waals surface area contributed by atoms with E-state index in [1.165, 1.54) is 0 Å². The van der Waals surface area contributed by atoms with Crippen LogP contribution in [0.2, 0.25) is 5.15 Å². The van der Waals surface area contributed by atoms with Crippen LogP contribution in [0.5, 0.6) is 0 Å². The van der Waals surface area contributed by atoms with Crippen LogP contribution in [-0.2, 0) is 7.05 Å². The van der Waals surface area contributed by atoms with Gasteiger partial charge in [-0.2, -0.15) is 5.10 Å². The minimum Gasteiger partial charge on any atom is -0.384 e. The maximum atomic E-state index is 5.76. The van der Waals surface area contributed by atoms with Gasteiger partial charge in [0, 0.05) is 24.9 Å². The molecule has 72 valence electrons. The third-order valence-corrected chi connectivity index (χ3v) is 2.15. The number of rotatable bonds is 1. The number of nitrogen functional groups attached to an aromatic ring is 1. The van der Waals surface area contributed by atoms with Crippen molar-refractivity contribution in [3.05, 3.63) is 29.5 Å². The second kappa shape index (κ2) is 3.31. The second-order valence-corrected chi connectivity index (χ2v) is 3.33. The molecule has 0 bridgehead atoms. The van der Waals surface area contributed by atoms with Crippen LogP contribution in [0.25, 0.3) is 11.3 Å². The number of halogens is 1. The highest BCUT2D eigenvalue weighted by molar-refractivity contribution is 6.29. The lowest BCUT2D eigenvalue weighted by Crippen LogP contribution is -1.96. The van der Waals surface area contributed by atoms with Gasteiger partial charge in [0.15, 0.2) is 0 Å². The molecule has 0 radical (unpaired) electrons. The molecule has 0 unspecified atom stereocenters. The number of nitrogens with zero attached hydrogens (tertiary/aromatic N) is 3. The molecule has 0 aliphatic rings. The fourth-order valence-corrected chi connectivity index (χ4v) is 1.36. The lowest BCUT2D eigenvalue weighted by Gasteiger charge is -1.95. The van der Waals surface area contributed by atoms with Crippen molar-refractivity contribution < 1.29 is 0 Å². The standard InChI is InChI=1S/C9H9ClN4/c1-14-9(11)5-7(13-14)6-2-3-12-8(10)4-6/h2-5H,11H2,1H3. The number of hydrogen-bond acceptors (Lipinski definition) is 3. The Bertz CT molecular complexity index is 444. The van der Waals surface area contributed by atoms with Crippen LogP contribution in [-0.4, -0.2) is 14.8 Å². The Morgan fingerprint density at radius 2 is 2.21 bits per heavy atom. The van der Waals surface area contributed by atoms with Gasteiger partial charge in [0.25, 0.3) is 0 Å². The molecule has 0 amide bonds. The average molecular weight is 209 g/mol. The van der Waals surface area contributed by atoms with Gasteiger partial charge in [0.2, 0.25) is 0 Å². The second-order valence-electron chi connectivity index (χ2n) is 2.95. The van der Waals surface area contributed by atoms with Gasteiger partial charge < -0.3 is 5.73 Å². The topological polar surface area (TPSA) is 56.7 Å². The van der Waals surface area contributed by atoms with E-state index in [1.54, 1.807) is 30.1 Å². The molecule has 2 heterocycles. The summed E-state index contributed by atoms with van der Waals surface area (Å²) >= 11 is 5.76. The van der Waals surface area contributed by atoms with E-state index in [4.69, 9.17) is 17.3 Å². The van der Waals surface area contributed by atoms with Gasteiger partial charge in [-0.25, -0.2) is 4.98 Å². The minimum atomic E-state index is 0.451. The predicted molar refractivity (Wildman–Crippen MR) is 55.9 cm³/mol. The molecule has 0 atom stereocenters. The monoisotopic (exact) mass is 208 g/mol. The van der Waals surface area contributed by atoms with Gasteiger partial charge in [0.05, 0.1) is 5.69 Å². The smallest absolute Gasteiger partial charge is 0.129 e. The number of aryl methyl sites for hydroxylation is 1. The van der Waals surface area contributed by atoms with Gasteiger partial charge in [-0.1, -0.05) is 11.6 Å². The molecule has 14 heavy (non-hydrogen) atoms. The Hall–Kier alpha value is -1.55. The van der Waals surface area contributed by atoms with E-state index in [9.17, 15) is 0 Å². The first-order valence-corrected chi connectivity index (χ1v) is 4.46. The predicted octanol–water partition coefficient (Wildman–Crippen LogP) is 1.72. The van der Waals surface area contributed by atoms with Crippen molar-refractivity contribution in [3.63, 3.8) is 0 Å². The molecular formula is C9H9ClN4. The highest BCUT2D eigenvalue weighted by atomic mass is 35.5. The maximum Gasteiger partial charge on any atom is 0.129 e. The summed E-state index contributed by atoms with van der Waals surface area (Å²) in [5, 5.41) is 4.68. The summed E-state index contributed by atoms with van der Waals surface area (Å²) in [4.78, 5) is 3.89. The van der Waals surface area contributed by atoms with Crippen molar-refractivity contribution >= 4 is 17.4 Å². The first-order valence-electron chi connectivity index (χ1n) is 4.08. The lowest BCUT2D eigenvalue weighted by atomic mass is 10.2. The van der Waals surface area contributed by atoms with E-state index in [2.05, 4.69) is 10.1 Å². The van der Waals surface area contributed by atoms with Gasteiger partial charge in [-0.05, 0) is 12.1 Å². The molecule has 0 saturated carbocycles. The molecule has 2 aromatic rings. The Kier molecular flexibility index (Phi) is 2.13. The lowest BCUT2D eigenvalue weighted by molar-refractivity contribution is 0.782. The molecule has 2 rings (SSSR count). The average Bonchev–Trinajstić information content (AvgIpc) is 2.47. The number of nitrogens with two attached hydrogens (primary N) is 1. The van der Waals surface area contributed by atoms with E-state index >= 15 is 0 Å². The van der Waals surface area contributed by atoms with E-state index in [0.717, 1.165) is 11.3 Å². The molecule has 0 spiro atoms. The van der Waals surface area contributed by atoms with Gasteiger partial charge >= 0.3 is 0 Å². The number of hydrogen-bond donors (Lipinski definition) is 1. The molecule has 0 aliphatic carbocycles. The zero-order valence-corrected chi connectivity index (χ0v) is 8.36. The quantitative estimate of drug-likeness (QED) is 0.726. The van der Waals surface area contributed by atoms with Crippen molar-refractivity contribution in [1.82, 2.24) is 14.8 Å². The van der Waals surface area contributed by atoms with Crippen molar-refractivity contribution in [1.29, 1.82) is 0 Å². The molecule has 2 N–H and O–H groups in total. The Morgan fingerprint density at radius 1 is 1.43 bits per heavy atom. The largest absolute Gasteiger partial charge is 0.384 e. The summed E-state index contributed by atoms with van der Waals surface area (Å²) in [5.41, 5.74) is 7.38. The zero-order chi connectivity index (χ0) is 10.1. The summed E-state index contributed by atoms with van der Waals surface area (Å²) in [6, 6.07) is 5.39. The van der Waals surface area contributed by atoms with Gasteiger partial charge in [0.1, 0.15) is 11.0 Å². The van der Waals surface area contributed by atoms with E-state index in [1.807, 2.05) is 6.07 Å². The van der Waals surface area contributed by atoms with Crippen molar-refractivity contribution in [2.24, 2.45) is 7.05 Å². The Balaban J connectivity index is 2.49. The number of aromatic nitrogens is 3. The van der Waals surface area contributed by atoms with E-state index in [-0.39, 0.29) is 0 Å². The summed E-state index contributed by atoms with van der Waals surface area (Å²) in [7, 11) is 1.79. The summed E-state index contributed by atoms with van der Waals surface area (Å²) in [6.07, 6.45) is 1.64. The third-order valence-electron chi connectivity index (χ3n) is 1.94. The van der Waals surface area contributed by atoms with Crippen molar-refractivity contribution in [2.45, 2.75) is 0 Å². The van der Waals surface area contributed by atoms with E-state index < -0.39 is 0 Å². The SMILES string of the molecule is Cn1nc(-c2ccnc(Cl)c2)cc1N. The van der Waals surface area contributed by atoms with Crippen LogP contribution in [0.4, 0.5) is 5.82 Å². The first-order chi connectivity index (χ1) is 6.66. The third kappa shape index (κ3) is 1.56. The number of anilines is 1. The Morgan fingerprint density at radius 3 is 2.79 bits per heavy atom. The molecule has 0 aromatic carbocycles. The van der Waals surface area contributed by atoms with Gasteiger partial charge in [-0.3, -0.25) is 4.68 Å². The van der Waals surface area contributed by atoms with Crippen LogP contribution in [0.3, 0.4) is 0 Å².